The SMILES string of the molecule is Cc1ccc(OCC(=O)O[C@@H](C)C(=O)Nc2ccccc2OC(F)F)c(C)c1. The van der Waals surface area contributed by atoms with E-state index in [1.54, 1.807) is 12.1 Å². The molecule has 6 nitrogen and oxygen atoms in total. The third-order valence-electron chi connectivity index (χ3n) is 3.71. The maximum atomic E-state index is 12.4. The van der Waals surface area contributed by atoms with Crippen molar-refractivity contribution < 1.29 is 32.6 Å². The van der Waals surface area contributed by atoms with Gasteiger partial charge >= 0.3 is 12.6 Å². The topological polar surface area (TPSA) is 73.9 Å². The molecule has 28 heavy (non-hydrogen) atoms. The molecule has 2 aromatic carbocycles. The van der Waals surface area contributed by atoms with Gasteiger partial charge < -0.3 is 19.5 Å². The van der Waals surface area contributed by atoms with Gasteiger partial charge in [0.05, 0.1) is 5.69 Å². The van der Waals surface area contributed by atoms with E-state index in [0.29, 0.717) is 5.75 Å². The van der Waals surface area contributed by atoms with E-state index in [9.17, 15) is 18.4 Å². The number of carbonyl (C=O) groups is 2. The van der Waals surface area contributed by atoms with Crippen LogP contribution in [0.3, 0.4) is 0 Å². The molecule has 0 bridgehead atoms. The highest BCUT2D eigenvalue weighted by Crippen LogP contribution is 2.25. The molecule has 2 aromatic rings. The van der Waals surface area contributed by atoms with Crippen LogP contribution in [0, 0.1) is 13.8 Å². The minimum Gasteiger partial charge on any atom is -0.482 e. The van der Waals surface area contributed by atoms with Gasteiger partial charge in [0, 0.05) is 0 Å². The molecule has 1 atom stereocenters. The Kier molecular flexibility index (Phi) is 7.31. The van der Waals surface area contributed by atoms with Gasteiger partial charge in [-0.05, 0) is 44.5 Å². The van der Waals surface area contributed by atoms with Crippen molar-refractivity contribution in [2.75, 3.05) is 11.9 Å². The van der Waals surface area contributed by atoms with Gasteiger partial charge in [-0.25, -0.2) is 4.79 Å². The van der Waals surface area contributed by atoms with Crippen molar-refractivity contribution in [3.8, 4) is 11.5 Å². The fraction of sp³-hybridized carbons (Fsp3) is 0.300. The summed E-state index contributed by atoms with van der Waals surface area (Å²) in [7, 11) is 0. The van der Waals surface area contributed by atoms with E-state index in [4.69, 9.17) is 9.47 Å². The summed E-state index contributed by atoms with van der Waals surface area (Å²) in [5, 5.41) is 2.39. The number of nitrogens with one attached hydrogen (secondary N) is 1. The molecule has 0 aliphatic carbocycles. The highest BCUT2D eigenvalue weighted by atomic mass is 19.3. The largest absolute Gasteiger partial charge is 0.482 e. The fourth-order valence-corrected chi connectivity index (χ4v) is 2.39. The lowest BCUT2D eigenvalue weighted by molar-refractivity contribution is -0.155. The number of ether oxygens (including phenoxy) is 3. The standard InChI is InChI=1S/C20H21F2NO5/c1-12-8-9-16(13(2)10-12)26-11-18(24)27-14(3)19(25)23-15-6-4-5-7-17(15)28-20(21)22/h4-10,14,20H,11H2,1-3H3,(H,23,25)/t14-/m0/s1. The molecule has 0 aromatic heterocycles. The molecule has 2 rings (SSSR count). The number of aryl methyl sites for hydroxylation is 2. The van der Waals surface area contributed by atoms with Gasteiger partial charge in [0.1, 0.15) is 11.5 Å². The third-order valence-corrected chi connectivity index (χ3v) is 3.71. The maximum absolute atomic E-state index is 12.4. The Morgan fingerprint density at radius 2 is 1.79 bits per heavy atom. The fourth-order valence-electron chi connectivity index (χ4n) is 2.39. The summed E-state index contributed by atoms with van der Waals surface area (Å²) in [6.07, 6.45) is -1.16. The Balaban J connectivity index is 1.89. The lowest BCUT2D eigenvalue weighted by Crippen LogP contribution is -2.31. The van der Waals surface area contributed by atoms with E-state index in [2.05, 4.69) is 10.1 Å². The molecule has 0 fully saturated rings. The van der Waals surface area contributed by atoms with Crippen LogP contribution in [0.15, 0.2) is 42.5 Å². The summed E-state index contributed by atoms with van der Waals surface area (Å²) < 4.78 is 39.6. The van der Waals surface area contributed by atoms with Crippen LogP contribution in [-0.4, -0.2) is 31.2 Å². The summed E-state index contributed by atoms with van der Waals surface area (Å²) in [5.74, 6) is -1.08. The van der Waals surface area contributed by atoms with Crippen molar-refractivity contribution in [2.24, 2.45) is 0 Å². The summed E-state index contributed by atoms with van der Waals surface area (Å²) in [4.78, 5) is 24.1. The van der Waals surface area contributed by atoms with Gasteiger partial charge in [0.25, 0.3) is 5.91 Å². The molecule has 0 heterocycles. The van der Waals surface area contributed by atoms with Crippen LogP contribution in [0.4, 0.5) is 14.5 Å². The number of esters is 1. The van der Waals surface area contributed by atoms with E-state index in [-0.39, 0.29) is 18.0 Å². The van der Waals surface area contributed by atoms with Gasteiger partial charge in [-0.15, -0.1) is 0 Å². The number of halogens is 2. The summed E-state index contributed by atoms with van der Waals surface area (Å²) in [5.41, 5.74) is 1.98. The molecule has 0 aliphatic rings. The van der Waals surface area contributed by atoms with E-state index in [1.165, 1.54) is 25.1 Å². The average molecular weight is 393 g/mol. The van der Waals surface area contributed by atoms with E-state index in [1.807, 2.05) is 26.0 Å². The quantitative estimate of drug-likeness (QED) is 0.690. The molecule has 0 saturated carbocycles. The molecule has 1 amide bonds. The van der Waals surface area contributed by atoms with E-state index < -0.39 is 24.6 Å². The zero-order valence-electron chi connectivity index (χ0n) is 15.7. The van der Waals surface area contributed by atoms with Crippen LogP contribution < -0.4 is 14.8 Å². The number of rotatable bonds is 8. The Labute approximate surface area is 161 Å². The molecule has 0 saturated heterocycles. The Bertz CT molecular complexity index is 841. The second kappa shape index (κ2) is 9.68. The maximum Gasteiger partial charge on any atom is 0.387 e. The van der Waals surface area contributed by atoms with Crippen LogP contribution >= 0.6 is 0 Å². The number of amides is 1. The van der Waals surface area contributed by atoms with Crippen molar-refractivity contribution in [2.45, 2.75) is 33.5 Å². The first-order chi connectivity index (χ1) is 13.3. The first kappa shape index (κ1) is 21.1. The second-order valence-electron chi connectivity index (χ2n) is 6.05. The van der Waals surface area contributed by atoms with Crippen LogP contribution in [0.25, 0.3) is 0 Å². The van der Waals surface area contributed by atoms with Crippen LogP contribution in [0.5, 0.6) is 11.5 Å². The highest BCUT2D eigenvalue weighted by Gasteiger charge is 2.20. The smallest absolute Gasteiger partial charge is 0.387 e. The van der Waals surface area contributed by atoms with Gasteiger partial charge in [-0.2, -0.15) is 8.78 Å². The number of carbonyl (C=O) groups excluding carboxylic acids is 2. The summed E-state index contributed by atoms with van der Waals surface area (Å²) >= 11 is 0. The van der Waals surface area contributed by atoms with Crippen molar-refractivity contribution in [3.63, 3.8) is 0 Å². The summed E-state index contributed by atoms with van der Waals surface area (Å²) in [6.45, 7) is 1.75. The van der Waals surface area contributed by atoms with Gasteiger partial charge in [0.15, 0.2) is 12.7 Å². The van der Waals surface area contributed by atoms with Gasteiger partial charge in [-0.1, -0.05) is 29.8 Å². The number of hydrogen-bond donors (Lipinski definition) is 1. The lowest BCUT2D eigenvalue weighted by Gasteiger charge is -2.16. The predicted molar refractivity (Wildman–Crippen MR) is 98.7 cm³/mol. The second-order valence-corrected chi connectivity index (χ2v) is 6.05. The molecular weight excluding hydrogens is 372 g/mol. The molecule has 0 radical (unpaired) electrons. The number of hydrogen-bond acceptors (Lipinski definition) is 5. The van der Waals surface area contributed by atoms with Crippen molar-refractivity contribution in [3.05, 3.63) is 53.6 Å². The van der Waals surface area contributed by atoms with Crippen LogP contribution in [0.2, 0.25) is 0 Å². The molecule has 150 valence electrons. The predicted octanol–water partition coefficient (Wildman–Crippen LogP) is 3.85. The summed E-state index contributed by atoms with van der Waals surface area (Å²) in [6, 6.07) is 11.2. The number of para-hydroxylation sites is 2. The monoisotopic (exact) mass is 393 g/mol. The Hall–Kier alpha value is -3.16. The lowest BCUT2D eigenvalue weighted by atomic mass is 10.1. The first-order valence-corrected chi connectivity index (χ1v) is 8.50. The Morgan fingerprint density at radius 3 is 2.46 bits per heavy atom. The van der Waals surface area contributed by atoms with Gasteiger partial charge in [0.2, 0.25) is 0 Å². The molecule has 0 spiro atoms. The minimum atomic E-state index is -3.03. The zero-order chi connectivity index (χ0) is 20.7. The average Bonchev–Trinajstić information content (AvgIpc) is 2.62. The number of alkyl halides is 2. The van der Waals surface area contributed by atoms with Crippen LogP contribution in [-0.2, 0) is 14.3 Å². The van der Waals surface area contributed by atoms with Crippen molar-refractivity contribution >= 4 is 17.6 Å². The van der Waals surface area contributed by atoms with Crippen molar-refractivity contribution in [1.29, 1.82) is 0 Å². The molecule has 0 aliphatic heterocycles. The normalized spacial score (nSPS) is 11.6. The van der Waals surface area contributed by atoms with Crippen LogP contribution in [0.1, 0.15) is 18.1 Å². The Morgan fingerprint density at radius 1 is 1.07 bits per heavy atom. The van der Waals surface area contributed by atoms with Gasteiger partial charge in [-0.3, -0.25) is 4.79 Å². The molecule has 0 unspecified atom stereocenters. The van der Waals surface area contributed by atoms with E-state index >= 15 is 0 Å². The molecule has 8 heteroatoms. The minimum absolute atomic E-state index is 0.0437. The highest BCUT2D eigenvalue weighted by molar-refractivity contribution is 5.96. The van der Waals surface area contributed by atoms with E-state index in [0.717, 1.165) is 11.1 Å². The number of anilines is 1. The van der Waals surface area contributed by atoms with Crippen molar-refractivity contribution in [1.82, 2.24) is 0 Å². The first-order valence-electron chi connectivity index (χ1n) is 8.50. The molecular formula is C20H21F2NO5. The third kappa shape index (κ3) is 6.22. The molecule has 1 N–H and O–H groups in total. The zero-order valence-corrected chi connectivity index (χ0v) is 15.7. The number of benzene rings is 2.